The molecule has 1 heterocycles. The summed E-state index contributed by atoms with van der Waals surface area (Å²) in [6.45, 7) is 6.08. The van der Waals surface area contributed by atoms with E-state index in [1.165, 1.54) is 12.8 Å². The lowest BCUT2D eigenvalue weighted by atomic mass is 10.3. The van der Waals surface area contributed by atoms with E-state index in [-0.39, 0.29) is 6.29 Å². The largest absolute Gasteiger partial charge is 0.350 e. The summed E-state index contributed by atoms with van der Waals surface area (Å²) < 4.78 is 10.8. The van der Waals surface area contributed by atoms with Crippen LogP contribution >= 0.6 is 0 Å². The molecular formula is C10H19NO2. The molecule has 0 unspecified atom stereocenters. The lowest BCUT2D eigenvalue weighted by molar-refractivity contribution is -0.0516. The monoisotopic (exact) mass is 185 g/mol. The van der Waals surface area contributed by atoms with Crippen molar-refractivity contribution in [2.24, 2.45) is 0 Å². The normalized spacial score (nSPS) is 24.5. The molecule has 2 aliphatic rings. The van der Waals surface area contributed by atoms with E-state index in [1.54, 1.807) is 0 Å². The second-order valence-corrected chi connectivity index (χ2v) is 3.82. The van der Waals surface area contributed by atoms with Gasteiger partial charge in [0.1, 0.15) is 0 Å². The van der Waals surface area contributed by atoms with Crippen molar-refractivity contribution < 1.29 is 9.47 Å². The van der Waals surface area contributed by atoms with Crippen LogP contribution in [0.3, 0.4) is 0 Å². The first-order valence-corrected chi connectivity index (χ1v) is 5.37. The average Bonchev–Trinajstić information content (AvgIpc) is 2.84. The third-order valence-corrected chi connectivity index (χ3v) is 2.81. The first-order valence-electron chi connectivity index (χ1n) is 5.37. The molecule has 1 saturated carbocycles. The predicted octanol–water partition coefficient (Wildman–Crippen LogP) is 1.23. The Hall–Kier alpha value is -0.120. The minimum absolute atomic E-state index is 0.0767. The first-order chi connectivity index (χ1) is 6.40. The van der Waals surface area contributed by atoms with Crippen molar-refractivity contribution in [2.75, 3.05) is 26.3 Å². The third kappa shape index (κ3) is 2.66. The van der Waals surface area contributed by atoms with Gasteiger partial charge in [-0.3, -0.25) is 0 Å². The van der Waals surface area contributed by atoms with Crippen LogP contribution in [-0.2, 0) is 9.47 Å². The van der Waals surface area contributed by atoms with Gasteiger partial charge in [0, 0.05) is 19.0 Å². The molecule has 76 valence electrons. The zero-order valence-corrected chi connectivity index (χ0v) is 8.37. The van der Waals surface area contributed by atoms with Crippen molar-refractivity contribution >= 4 is 0 Å². The highest BCUT2D eigenvalue weighted by Gasteiger charge is 2.28. The van der Waals surface area contributed by atoms with E-state index in [1.807, 2.05) is 0 Å². The highest BCUT2D eigenvalue weighted by Crippen LogP contribution is 2.26. The topological polar surface area (TPSA) is 21.7 Å². The van der Waals surface area contributed by atoms with Crippen molar-refractivity contribution in [1.82, 2.24) is 4.90 Å². The number of ether oxygens (including phenoxy) is 2. The highest BCUT2D eigenvalue weighted by molar-refractivity contribution is 4.83. The van der Waals surface area contributed by atoms with Crippen LogP contribution in [-0.4, -0.2) is 43.5 Å². The van der Waals surface area contributed by atoms with Crippen LogP contribution in [0.15, 0.2) is 0 Å². The average molecular weight is 185 g/mol. The van der Waals surface area contributed by atoms with Crippen molar-refractivity contribution in [1.29, 1.82) is 0 Å². The second kappa shape index (κ2) is 4.40. The van der Waals surface area contributed by atoms with Gasteiger partial charge in [0.2, 0.25) is 0 Å². The van der Waals surface area contributed by atoms with E-state index < -0.39 is 0 Å². The van der Waals surface area contributed by atoms with Crippen LogP contribution in [0, 0.1) is 0 Å². The van der Waals surface area contributed by atoms with E-state index in [0.717, 1.165) is 38.8 Å². The maximum absolute atomic E-state index is 5.40. The van der Waals surface area contributed by atoms with Gasteiger partial charge in [-0.15, -0.1) is 0 Å². The van der Waals surface area contributed by atoms with Crippen LogP contribution in [0.4, 0.5) is 0 Å². The Morgan fingerprint density at radius 1 is 1.23 bits per heavy atom. The fraction of sp³-hybridized carbons (Fsp3) is 1.00. The lowest BCUT2D eigenvalue weighted by Crippen LogP contribution is -2.29. The molecule has 0 N–H and O–H groups in total. The van der Waals surface area contributed by atoms with Crippen molar-refractivity contribution in [3.63, 3.8) is 0 Å². The van der Waals surface area contributed by atoms with Gasteiger partial charge in [-0.05, 0) is 19.4 Å². The SMILES string of the molecule is CCN(CCC1OCCO1)C1CC1. The Labute approximate surface area is 80.0 Å². The minimum Gasteiger partial charge on any atom is -0.350 e. The lowest BCUT2D eigenvalue weighted by Gasteiger charge is -2.20. The fourth-order valence-electron chi connectivity index (χ4n) is 1.88. The maximum atomic E-state index is 5.40. The van der Waals surface area contributed by atoms with E-state index >= 15 is 0 Å². The molecule has 2 fully saturated rings. The Balaban J connectivity index is 1.64. The van der Waals surface area contributed by atoms with Crippen molar-refractivity contribution in [2.45, 2.75) is 38.5 Å². The van der Waals surface area contributed by atoms with E-state index in [0.29, 0.717) is 0 Å². The molecule has 0 aromatic heterocycles. The molecule has 0 atom stereocenters. The van der Waals surface area contributed by atoms with Crippen molar-refractivity contribution in [3.8, 4) is 0 Å². The predicted molar refractivity (Wildman–Crippen MR) is 50.6 cm³/mol. The first kappa shape index (κ1) is 9.44. The van der Waals surface area contributed by atoms with Crippen molar-refractivity contribution in [3.05, 3.63) is 0 Å². The van der Waals surface area contributed by atoms with Gasteiger partial charge in [-0.1, -0.05) is 6.92 Å². The smallest absolute Gasteiger partial charge is 0.159 e. The molecule has 3 heteroatoms. The van der Waals surface area contributed by atoms with Gasteiger partial charge in [0.05, 0.1) is 13.2 Å². The minimum atomic E-state index is 0.0767. The Morgan fingerprint density at radius 3 is 2.46 bits per heavy atom. The molecule has 0 aromatic rings. The second-order valence-electron chi connectivity index (χ2n) is 3.82. The molecule has 0 spiro atoms. The number of hydrogen-bond donors (Lipinski definition) is 0. The molecule has 13 heavy (non-hydrogen) atoms. The number of nitrogens with zero attached hydrogens (tertiary/aromatic N) is 1. The Bertz CT molecular complexity index is 153. The maximum Gasteiger partial charge on any atom is 0.159 e. The zero-order chi connectivity index (χ0) is 9.10. The van der Waals surface area contributed by atoms with Crippen LogP contribution in [0.2, 0.25) is 0 Å². The van der Waals surface area contributed by atoms with E-state index in [9.17, 15) is 0 Å². The summed E-state index contributed by atoms with van der Waals surface area (Å²) in [6.07, 6.45) is 3.89. The molecule has 3 nitrogen and oxygen atoms in total. The molecule has 0 bridgehead atoms. The molecular weight excluding hydrogens is 166 g/mol. The van der Waals surface area contributed by atoms with E-state index in [4.69, 9.17) is 9.47 Å². The molecule has 1 saturated heterocycles. The van der Waals surface area contributed by atoms with Crippen LogP contribution < -0.4 is 0 Å². The summed E-state index contributed by atoms with van der Waals surface area (Å²) in [7, 11) is 0. The summed E-state index contributed by atoms with van der Waals surface area (Å²) in [4.78, 5) is 2.53. The van der Waals surface area contributed by atoms with Gasteiger partial charge in [-0.25, -0.2) is 0 Å². The number of hydrogen-bond acceptors (Lipinski definition) is 3. The van der Waals surface area contributed by atoms with Gasteiger partial charge in [0.15, 0.2) is 6.29 Å². The molecule has 1 aliphatic carbocycles. The Kier molecular flexibility index (Phi) is 3.19. The molecule has 2 rings (SSSR count). The molecule has 0 aromatic carbocycles. The van der Waals surface area contributed by atoms with Crippen LogP contribution in [0.5, 0.6) is 0 Å². The standard InChI is InChI=1S/C10H19NO2/c1-2-11(9-3-4-9)6-5-10-12-7-8-13-10/h9-10H,2-8H2,1H3. The fourth-order valence-corrected chi connectivity index (χ4v) is 1.88. The Morgan fingerprint density at radius 2 is 1.92 bits per heavy atom. The summed E-state index contributed by atoms with van der Waals surface area (Å²) in [6, 6.07) is 0.867. The molecule has 1 aliphatic heterocycles. The highest BCUT2D eigenvalue weighted by atomic mass is 16.7. The van der Waals surface area contributed by atoms with Crippen LogP contribution in [0.1, 0.15) is 26.2 Å². The van der Waals surface area contributed by atoms with E-state index in [2.05, 4.69) is 11.8 Å². The van der Waals surface area contributed by atoms with Gasteiger partial charge >= 0.3 is 0 Å². The van der Waals surface area contributed by atoms with Gasteiger partial charge in [0.25, 0.3) is 0 Å². The summed E-state index contributed by atoms with van der Waals surface area (Å²) in [5.74, 6) is 0. The summed E-state index contributed by atoms with van der Waals surface area (Å²) >= 11 is 0. The van der Waals surface area contributed by atoms with Gasteiger partial charge < -0.3 is 14.4 Å². The number of rotatable bonds is 5. The summed E-state index contributed by atoms with van der Waals surface area (Å²) in [5.41, 5.74) is 0. The third-order valence-electron chi connectivity index (χ3n) is 2.81. The molecule has 0 amide bonds. The quantitative estimate of drug-likeness (QED) is 0.643. The van der Waals surface area contributed by atoms with Crippen LogP contribution in [0.25, 0.3) is 0 Å². The zero-order valence-electron chi connectivity index (χ0n) is 8.37. The van der Waals surface area contributed by atoms with Gasteiger partial charge in [-0.2, -0.15) is 0 Å². The molecule has 0 radical (unpaired) electrons. The summed E-state index contributed by atoms with van der Waals surface area (Å²) in [5, 5.41) is 0.